The fourth-order valence-electron chi connectivity index (χ4n) is 5.59. The van der Waals surface area contributed by atoms with Gasteiger partial charge in [-0.2, -0.15) is 5.10 Å². The Morgan fingerprint density at radius 1 is 1.05 bits per heavy atom. The first-order valence-corrected chi connectivity index (χ1v) is 14.6. The molecule has 3 aromatic heterocycles. The first kappa shape index (κ1) is 29.5. The largest absolute Gasteiger partial charge is 0.444 e. The van der Waals surface area contributed by atoms with Crippen LogP contribution in [0.4, 0.5) is 4.79 Å². The van der Waals surface area contributed by atoms with Crippen LogP contribution in [0.2, 0.25) is 0 Å². The Hall–Kier alpha value is -4.62. The fraction of sp³-hybridized carbons (Fsp3) is 0.419. The van der Waals surface area contributed by atoms with Gasteiger partial charge in [-0.05, 0) is 67.2 Å². The summed E-state index contributed by atoms with van der Waals surface area (Å²) in [7, 11) is 1.78. The van der Waals surface area contributed by atoms with Crippen LogP contribution < -0.4 is 10.9 Å². The zero-order valence-corrected chi connectivity index (χ0v) is 25.3. The van der Waals surface area contributed by atoms with Gasteiger partial charge in [0.15, 0.2) is 5.52 Å². The number of fused-ring (bicyclic) bond motifs is 2. The van der Waals surface area contributed by atoms with Gasteiger partial charge < -0.3 is 15.2 Å². The summed E-state index contributed by atoms with van der Waals surface area (Å²) in [6, 6.07) is 13.5. The predicted octanol–water partition coefficient (Wildman–Crippen LogP) is 3.39. The van der Waals surface area contributed by atoms with Crippen molar-refractivity contribution in [3.8, 4) is 11.3 Å². The van der Waals surface area contributed by atoms with Gasteiger partial charge in [0.2, 0.25) is 0 Å². The Kier molecular flexibility index (Phi) is 7.68. The minimum absolute atomic E-state index is 0.143. The number of aryl methyl sites for hydroxylation is 1. The Morgan fingerprint density at radius 2 is 1.75 bits per heavy atom. The highest BCUT2D eigenvalue weighted by Crippen LogP contribution is 2.28. The molecule has 5 aromatic rings. The average Bonchev–Trinajstić information content (AvgIpc) is 3.58. The van der Waals surface area contributed by atoms with Gasteiger partial charge in [-0.3, -0.25) is 18.9 Å². The van der Waals surface area contributed by atoms with Gasteiger partial charge in [-0.25, -0.2) is 14.4 Å². The van der Waals surface area contributed by atoms with E-state index in [1.165, 1.54) is 10.9 Å². The molecule has 0 radical (unpaired) electrons. The number of amides is 1. The molecule has 6 rings (SSSR count). The third kappa shape index (κ3) is 6.33. The van der Waals surface area contributed by atoms with Crippen molar-refractivity contribution in [2.75, 3.05) is 13.1 Å². The maximum atomic E-state index is 13.5. The van der Waals surface area contributed by atoms with Crippen molar-refractivity contribution in [1.82, 2.24) is 39.9 Å². The molecule has 1 amide bonds. The van der Waals surface area contributed by atoms with Crippen molar-refractivity contribution < 1.29 is 19.3 Å². The van der Waals surface area contributed by atoms with Crippen LogP contribution in [-0.4, -0.2) is 70.0 Å². The number of hydrogen-bond donors (Lipinski definition) is 2. The lowest BCUT2D eigenvalue weighted by molar-refractivity contribution is -0.0364. The van der Waals surface area contributed by atoms with Crippen LogP contribution in [0.15, 0.2) is 58.2 Å². The van der Waals surface area contributed by atoms with E-state index in [1.807, 2.05) is 63.2 Å². The number of ether oxygens (including phenoxy) is 1. The van der Waals surface area contributed by atoms with Gasteiger partial charge in [-0.1, -0.05) is 30.3 Å². The van der Waals surface area contributed by atoms with Crippen molar-refractivity contribution in [3.63, 3.8) is 0 Å². The molecule has 1 fully saturated rings. The number of carbonyl (C=O) groups is 1. The van der Waals surface area contributed by atoms with Crippen LogP contribution >= 0.6 is 0 Å². The number of carbonyl (C=O) groups excluding carboxylic acids is 1. The maximum Gasteiger partial charge on any atom is 0.407 e. The summed E-state index contributed by atoms with van der Waals surface area (Å²) in [6.07, 6.45) is 2.07. The van der Waals surface area contributed by atoms with Crippen LogP contribution in [-0.2, 0) is 31.4 Å². The molecule has 13 heteroatoms. The Morgan fingerprint density at radius 3 is 2.48 bits per heavy atom. The molecule has 230 valence electrons. The quantitative estimate of drug-likeness (QED) is 0.284. The lowest BCUT2D eigenvalue weighted by Gasteiger charge is -2.38. The topological polar surface area (TPSA) is 153 Å². The zero-order valence-electron chi connectivity index (χ0n) is 25.3. The molecule has 13 nitrogen and oxygen atoms in total. The second kappa shape index (κ2) is 11.5. The van der Waals surface area contributed by atoms with Crippen molar-refractivity contribution in [2.24, 2.45) is 7.05 Å². The van der Waals surface area contributed by atoms with Crippen molar-refractivity contribution in [3.05, 3.63) is 70.3 Å². The second-order valence-corrected chi connectivity index (χ2v) is 12.5. The van der Waals surface area contributed by atoms with Crippen LogP contribution in [0.25, 0.3) is 33.3 Å². The molecule has 2 aromatic carbocycles. The molecule has 0 saturated carbocycles. The number of rotatable bonds is 7. The van der Waals surface area contributed by atoms with Gasteiger partial charge in [0.25, 0.3) is 5.56 Å². The van der Waals surface area contributed by atoms with E-state index in [1.54, 1.807) is 11.7 Å². The molecule has 0 aliphatic carbocycles. The van der Waals surface area contributed by atoms with Crippen LogP contribution in [0.1, 0.15) is 44.7 Å². The van der Waals surface area contributed by atoms with Gasteiger partial charge in [0.1, 0.15) is 22.2 Å². The number of aliphatic hydroxyl groups is 1. The smallest absolute Gasteiger partial charge is 0.407 e. The summed E-state index contributed by atoms with van der Waals surface area (Å²) < 4.78 is 13.2. The molecule has 1 aliphatic heterocycles. The highest BCUT2D eigenvalue weighted by atomic mass is 16.6. The lowest BCUT2D eigenvalue weighted by atomic mass is 9.91. The number of aromatic nitrogens is 6. The standard InChI is InChI=1S/C31H36N8O5/c1-30(2,3)43-29(41)32-16-20-5-8-22(9-6-20)27-25-26(34-37(27)4)28(40)39(19-33-25)18-31(42)11-13-38(14-12-31)17-21-7-10-23-24(15-21)36-44-35-23/h5-10,15,19,42H,11-14,16-18H2,1-4H3,(H,32,41). The van der Waals surface area contributed by atoms with E-state index >= 15 is 0 Å². The maximum absolute atomic E-state index is 13.5. The number of nitrogens with zero attached hydrogens (tertiary/aromatic N) is 7. The molecule has 4 heterocycles. The summed E-state index contributed by atoms with van der Waals surface area (Å²) in [6.45, 7) is 8.01. The third-order valence-electron chi connectivity index (χ3n) is 7.85. The molecular formula is C31H36N8O5. The number of benzene rings is 2. The monoisotopic (exact) mass is 600 g/mol. The van der Waals surface area contributed by atoms with E-state index in [0.29, 0.717) is 43.7 Å². The van der Waals surface area contributed by atoms with Gasteiger partial charge in [0.05, 0.1) is 24.2 Å². The summed E-state index contributed by atoms with van der Waals surface area (Å²) in [5, 5.41) is 26.4. The molecule has 0 bridgehead atoms. The predicted molar refractivity (Wildman–Crippen MR) is 163 cm³/mol. The van der Waals surface area contributed by atoms with E-state index in [4.69, 9.17) is 9.37 Å². The van der Waals surface area contributed by atoms with Crippen molar-refractivity contribution >= 4 is 28.2 Å². The molecule has 0 unspecified atom stereocenters. The van der Waals surface area contributed by atoms with E-state index < -0.39 is 17.3 Å². The Labute approximate surface area is 253 Å². The number of alkyl carbamates (subject to hydrolysis) is 1. The van der Waals surface area contributed by atoms with Crippen LogP contribution in [0.3, 0.4) is 0 Å². The highest BCUT2D eigenvalue weighted by Gasteiger charge is 2.33. The van der Waals surface area contributed by atoms with Crippen molar-refractivity contribution in [1.29, 1.82) is 0 Å². The Balaban J connectivity index is 1.11. The van der Waals surface area contributed by atoms with Gasteiger partial charge in [-0.15, -0.1) is 0 Å². The van der Waals surface area contributed by atoms with E-state index in [0.717, 1.165) is 34.3 Å². The average molecular weight is 601 g/mol. The number of hydrogen-bond acceptors (Lipinski definition) is 10. The zero-order chi connectivity index (χ0) is 31.1. The molecule has 1 aliphatic rings. The molecular weight excluding hydrogens is 564 g/mol. The Bertz CT molecular complexity index is 1860. The summed E-state index contributed by atoms with van der Waals surface area (Å²) >= 11 is 0. The van der Waals surface area contributed by atoms with Crippen molar-refractivity contribution in [2.45, 2.75) is 64.4 Å². The minimum atomic E-state index is -1.03. The van der Waals surface area contributed by atoms with E-state index in [2.05, 4.69) is 30.6 Å². The lowest BCUT2D eigenvalue weighted by Crippen LogP contribution is -2.47. The number of likely N-dealkylation sites (tertiary alicyclic amines) is 1. The normalized spacial score (nSPS) is 15.6. The number of nitrogens with one attached hydrogen (secondary N) is 1. The SMILES string of the molecule is Cn1nc2c(=O)n(CC3(O)CCN(Cc4ccc5nonc5c4)CC3)cnc2c1-c1ccc(CNC(=O)OC(C)(C)C)cc1. The van der Waals surface area contributed by atoms with Gasteiger partial charge >= 0.3 is 6.09 Å². The molecule has 2 N–H and O–H groups in total. The second-order valence-electron chi connectivity index (χ2n) is 12.5. The molecule has 0 atom stereocenters. The molecule has 0 spiro atoms. The summed E-state index contributed by atoms with van der Waals surface area (Å²) in [5.74, 6) is 0. The summed E-state index contributed by atoms with van der Waals surface area (Å²) in [5.41, 5.74) is 3.85. The van der Waals surface area contributed by atoms with Crippen LogP contribution in [0.5, 0.6) is 0 Å². The third-order valence-corrected chi connectivity index (χ3v) is 7.85. The van der Waals surface area contributed by atoms with Gasteiger partial charge in [0, 0.05) is 38.8 Å². The highest BCUT2D eigenvalue weighted by molar-refractivity contribution is 5.89. The van der Waals surface area contributed by atoms with Crippen LogP contribution in [0, 0.1) is 0 Å². The molecule has 1 saturated heterocycles. The minimum Gasteiger partial charge on any atom is -0.444 e. The first-order chi connectivity index (χ1) is 21.0. The first-order valence-electron chi connectivity index (χ1n) is 14.6. The van der Waals surface area contributed by atoms with E-state index in [-0.39, 0.29) is 17.6 Å². The van der Waals surface area contributed by atoms with E-state index in [9.17, 15) is 14.7 Å². The number of piperidine rings is 1. The molecule has 44 heavy (non-hydrogen) atoms. The summed E-state index contributed by atoms with van der Waals surface area (Å²) in [4.78, 5) is 32.4. The fourth-order valence-corrected chi connectivity index (χ4v) is 5.59.